The number of nitrogens with two attached hydrogens (primary N) is 1. The maximum Gasteiger partial charge on any atom is 0.317 e. The molecule has 6 heteroatoms. The number of rotatable bonds is 2. The average Bonchev–Trinajstić information content (AvgIpc) is 2.12. The number of hydrogen-bond acceptors (Lipinski definition) is 5. The van der Waals surface area contributed by atoms with E-state index in [0.717, 1.165) is 0 Å². The van der Waals surface area contributed by atoms with Gasteiger partial charge in [0.2, 0.25) is 0 Å². The molecule has 6 nitrogen and oxygen atoms in total. The van der Waals surface area contributed by atoms with Crippen LogP contribution in [-0.4, -0.2) is 26.6 Å². The molecule has 1 aromatic heterocycles. The van der Waals surface area contributed by atoms with Gasteiger partial charge in [0.15, 0.2) is 5.84 Å². The van der Waals surface area contributed by atoms with Crippen LogP contribution in [0, 0.1) is 6.92 Å². The van der Waals surface area contributed by atoms with E-state index in [0.29, 0.717) is 11.4 Å². The van der Waals surface area contributed by atoms with E-state index in [1.165, 1.54) is 0 Å². The molecule has 0 aliphatic heterocycles. The maximum atomic E-state index is 8.56. The van der Waals surface area contributed by atoms with Crippen LogP contribution in [0.15, 0.2) is 11.2 Å². The summed E-state index contributed by atoms with van der Waals surface area (Å²) >= 11 is 0. The molecule has 1 rings (SSSR count). The van der Waals surface area contributed by atoms with Crippen LogP contribution >= 0.6 is 0 Å². The summed E-state index contributed by atoms with van der Waals surface area (Å²) in [4.78, 5) is 8.15. The minimum Gasteiger partial charge on any atom is -0.458 e. The van der Waals surface area contributed by atoms with E-state index in [4.69, 9.17) is 15.7 Å². The molecule has 0 amide bonds. The van der Waals surface area contributed by atoms with Crippen molar-refractivity contribution in [2.45, 2.75) is 33.3 Å². The van der Waals surface area contributed by atoms with Gasteiger partial charge in [0.05, 0.1) is 0 Å². The Morgan fingerprint density at radius 2 is 2.06 bits per heavy atom. The van der Waals surface area contributed by atoms with Crippen LogP contribution in [0.3, 0.4) is 0 Å². The maximum absolute atomic E-state index is 8.56. The van der Waals surface area contributed by atoms with E-state index in [1.807, 2.05) is 20.8 Å². The van der Waals surface area contributed by atoms with Gasteiger partial charge in [0, 0.05) is 5.69 Å². The summed E-state index contributed by atoms with van der Waals surface area (Å²) < 4.78 is 5.50. The Labute approximate surface area is 94.2 Å². The lowest BCUT2D eigenvalue weighted by Gasteiger charge is -2.19. The van der Waals surface area contributed by atoms with E-state index < -0.39 is 5.60 Å². The molecule has 0 aliphatic carbocycles. The van der Waals surface area contributed by atoms with Gasteiger partial charge in [-0.1, -0.05) is 5.16 Å². The summed E-state index contributed by atoms with van der Waals surface area (Å²) in [5.74, 6) is -0.0655. The van der Waals surface area contributed by atoms with E-state index in [1.54, 1.807) is 13.0 Å². The van der Waals surface area contributed by atoms with Crippen molar-refractivity contribution in [3.8, 4) is 6.01 Å². The van der Waals surface area contributed by atoms with Crippen LogP contribution in [0.2, 0.25) is 0 Å². The lowest BCUT2D eigenvalue weighted by atomic mass is 10.2. The van der Waals surface area contributed by atoms with Gasteiger partial charge < -0.3 is 15.7 Å². The Morgan fingerprint density at radius 1 is 1.44 bits per heavy atom. The van der Waals surface area contributed by atoms with Crippen molar-refractivity contribution >= 4 is 5.84 Å². The molecule has 0 aromatic carbocycles. The first-order valence-corrected chi connectivity index (χ1v) is 4.84. The van der Waals surface area contributed by atoms with Crippen molar-refractivity contribution in [3.05, 3.63) is 17.5 Å². The first-order chi connectivity index (χ1) is 7.31. The van der Waals surface area contributed by atoms with E-state index in [-0.39, 0.29) is 11.8 Å². The SMILES string of the molecule is Cc1cc(/C(N)=N/O)nc(OC(C)(C)C)n1. The van der Waals surface area contributed by atoms with Gasteiger partial charge in [-0.05, 0) is 33.8 Å². The third-order valence-corrected chi connectivity index (χ3v) is 1.60. The molecule has 0 fully saturated rings. The van der Waals surface area contributed by atoms with Gasteiger partial charge in [0.25, 0.3) is 0 Å². The summed E-state index contributed by atoms with van der Waals surface area (Å²) in [6.07, 6.45) is 0. The Morgan fingerprint density at radius 3 is 2.56 bits per heavy atom. The van der Waals surface area contributed by atoms with Crippen molar-refractivity contribution in [2.75, 3.05) is 0 Å². The molecule has 0 atom stereocenters. The van der Waals surface area contributed by atoms with Crippen molar-refractivity contribution in [1.82, 2.24) is 9.97 Å². The standard InChI is InChI=1S/C10H16N4O2/c1-6-5-7(8(11)14-15)13-9(12-6)16-10(2,3)4/h5,15H,1-4H3,(H2,11,14). The van der Waals surface area contributed by atoms with Crippen molar-refractivity contribution in [3.63, 3.8) is 0 Å². The fraction of sp³-hybridized carbons (Fsp3) is 0.500. The van der Waals surface area contributed by atoms with Crippen molar-refractivity contribution < 1.29 is 9.94 Å². The number of nitrogens with zero attached hydrogens (tertiary/aromatic N) is 3. The zero-order valence-electron chi connectivity index (χ0n) is 9.85. The summed E-state index contributed by atoms with van der Waals surface area (Å²) in [7, 11) is 0. The lowest BCUT2D eigenvalue weighted by Crippen LogP contribution is -2.25. The smallest absolute Gasteiger partial charge is 0.317 e. The fourth-order valence-electron chi connectivity index (χ4n) is 1.04. The average molecular weight is 224 g/mol. The Hall–Kier alpha value is -1.85. The van der Waals surface area contributed by atoms with Crippen LogP contribution in [0.5, 0.6) is 6.01 Å². The van der Waals surface area contributed by atoms with Crippen molar-refractivity contribution in [1.29, 1.82) is 0 Å². The highest BCUT2D eigenvalue weighted by molar-refractivity contribution is 5.95. The predicted octanol–water partition coefficient (Wildman–Crippen LogP) is 1.06. The number of oxime groups is 1. The summed E-state index contributed by atoms with van der Waals surface area (Å²) in [5, 5.41) is 11.5. The molecule has 0 bridgehead atoms. The topological polar surface area (TPSA) is 93.6 Å². The highest BCUT2D eigenvalue weighted by Crippen LogP contribution is 2.14. The number of ether oxygens (including phenoxy) is 1. The second-order valence-electron chi connectivity index (χ2n) is 4.38. The highest BCUT2D eigenvalue weighted by Gasteiger charge is 2.15. The molecule has 88 valence electrons. The van der Waals surface area contributed by atoms with E-state index in [2.05, 4.69) is 15.1 Å². The highest BCUT2D eigenvalue weighted by atomic mass is 16.5. The van der Waals surface area contributed by atoms with Crippen LogP contribution in [0.4, 0.5) is 0 Å². The molecule has 3 N–H and O–H groups in total. The van der Waals surface area contributed by atoms with Crippen molar-refractivity contribution in [2.24, 2.45) is 10.9 Å². The van der Waals surface area contributed by atoms with E-state index in [9.17, 15) is 0 Å². The molecule has 16 heavy (non-hydrogen) atoms. The largest absolute Gasteiger partial charge is 0.458 e. The summed E-state index contributed by atoms with van der Waals surface area (Å²) in [6, 6.07) is 1.83. The monoisotopic (exact) mass is 224 g/mol. The van der Waals surface area contributed by atoms with Crippen LogP contribution in [0.1, 0.15) is 32.2 Å². The molecular formula is C10H16N4O2. The summed E-state index contributed by atoms with van der Waals surface area (Å²) in [5.41, 5.74) is 6.09. The lowest BCUT2D eigenvalue weighted by molar-refractivity contribution is 0.116. The quantitative estimate of drug-likeness (QED) is 0.339. The third-order valence-electron chi connectivity index (χ3n) is 1.60. The zero-order chi connectivity index (χ0) is 12.3. The Bertz CT molecular complexity index is 410. The predicted molar refractivity (Wildman–Crippen MR) is 59.7 cm³/mol. The first-order valence-electron chi connectivity index (χ1n) is 4.84. The number of amidine groups is 1. The molecule has 0 saturated carbocycles. The van der Waals surface area contributed by atoms with Gasteiger partial charge in [-0.25, -0.2) is 4.98 Å². The summed E-state index contributed by atoms with van der Waals surface area (Å²) in [6.45, 7) is 7.46. The van der Waals surface area contributed by atoms with Gasteiger partial charge in [-0.15, -0.1) is 0 Å². The Balaban J connectivity index is 3.08. The van der Waals surface area contributed by atoms with Gasteiger partial charge in [0.1, 0.15) is 11.3 Å². The molecule has 0 unspecified atom stereocenters. The molecule has 0 spiro atoms. The number of aromatic nitrogens is 2. The second kappa shape index (κ2) is 4.34. The second-order valence-corrected chi connectivity index (χ2v) is 4.38. The Kier molecular flexibility index (Phi) is 3.31. The molecule has 1 heterocycles. The number of aryl methyl sites for hydroxylation is 1. The normalized spacial score (nSPS) is 12.6. The zero-order valence-corrected chi connectivity index (χ0v) is 9.85. The van der Waals surface area contributed by atoms with Gasteiger partial charge in [-0.3, -0.25) is 0 Å². The van der Waals surface area contributed by atoms with Crippen LogP contribution < -0.4 is 10.5 Å². The third kappa shape index (κ3) is 3.38. The van der Waals surface area contributed by atoms with Gasteiger partial charge in [-0.2, -0.15) is 4.98 Å². The van der Waals surface area contributed by atoms with Crippen LogP contribution in [-0.2, 0) is 0 Å². The minimum atomic E-state index is -0.393. The molecule has 0 aliphatic rings. The number of hydrogen-bond donors (Lipinski definition) is 2. The minimum absolute atomic E-state index is 0.0655. The van der Waals surface area contributed by atoms with Crippen LogP contribution in [0.25, 0.3) is 0 Å². The van der Waals surface area contributed by atoms with E-state index >= 15 is 0 Å². The molecule has 1 aromatic rings. The fourth-order valence-corrected chi connectivity index (χ4v) is 1.04. The molecule has 0 saturated heterocycles. The first kappa shape index (κ1) is 12.2. The van der Waals surface area contributed by atoms with Gasteiger partial charge >= 0.3 is 6.01 Å². The molecule has 0 radical (unpaired) electrons. The molecular weight excluding hydrogens is 208 g/mol.